The minimum Gasteiger partial charge on any atom is -0.486 e. The van der Waals surface area contributed by atoms with Crippen LogP contribution >= 0.6 is 15.9 Å². The summed E-state index contributed by atoms with van der Waals surface area (Å²) >= 11 is 3.47. The molecule has 0 aromatic heterocycles. The lowest BCUT2D eigenvalue weighted by molar-refractivity contribution is 0.102. The van der Waals surface area contributed by atoms with Gasteiger partial charge < -0.3 is 14.8 Å². The quantitative estimate of drug-likeness (QED) is 0.628. The molecule has 1 aliphatic heterocycles. The Morgan fingerprint density at radius 1 is 0.964 bits per heavy atom. The van der Waals surface area contributed by atoms with Gasteiger partial charge in [-0.15, -0.1) is 0 Å². The Morgan fingerprint density at radius 3 is 2.36 bits per heavy atom. The Morgan fingerprint density at radius 2 is 1.61 bits per heavy atom. The number of nitriles is 1. The van der Waals surface area contributed by atoms with Crippen LogP contribution < -0.4 is 14.8 Å². The van der Waals surface area contributed by atoms with Crippen LogP contribution in [0.2, 0.25) is 0 Å². The van der Waals surface area contributed by atoms with E-state index in [4.69, 9.17) is 9.47 Å². The summed E-state index contributed by atoms with van der Waals surface area (Å²) in [5.41, 5.74) is 3.00. The molecule has 0 bridgehead atoms. The second-order valence-electron chi connectivity index (χ2n) is 6.13. The molecule has 5 nitrogen and oxygen atoms in total. The average molecular weight is 435 g/mol. The molecule has 0 radical (unpaired) electrons. The first kappa shape index (κ1) is 18.1. The van der Waals surface area contributed by atoms with Crippen molar-refractivity contribution in [2.75, 3.05) is 18.5 Å². The summed E-state index contributed by atoms with van der Waals surface area (Å²) in [6.07, 6.45) is 0. The number of ether oxygens (including phenoxy) is 2. The lowest BCUT2D eigenvalue weighted by Crippen LogP contribution is -2.17. The van der Waals surface area contributed by atoms with Crippen molar-refractivity contribution in [2.24, 2.45) is 0 Å². The summed E-state index contributed by atoms with van der Waals surface area (Å²) in [5, 5.41) is 12.3. The maximum absolute atomic E-state index is 13.0. The zero-order valence-electron chi connectivity index (χ0n) is 14.7. The van der Waals surface area contributed by atoms with Crippen molar-refractivity contribution in [2.45, 2.75) is 0 Å². The molecule has 0 saturated carbocycles. The fraction of sp³-hybridized carbons (Fsp3) is 0.0909. The van der Waals surface area contributed by atoms with Gasteiger partial charge in [-0.25, -0.2) is 0 Å². The molecule has 0 unspecified atom stereocenters. The molecular formula is C22H15BrN2O3. The lowest BCUT2D eigenvalue weighted by atomic mass is 9.95. The average Bonchev–Trinajstić information content (AvgIpc) is 2.74. The molecule has 0 spiro atoms. The van der Waals surface area contributed by atoms with E-state index < -0.39 is 0 Å². The molecule has 3 aromatic carbocycles. The van der Waals surface area contributed by atoms with Gasteiger partial charge in [-0.05, 0) is 33.6 Å². The maximum Gasteiger partial charge on any atom is 0.256 e. The van der Waals surface area contributed by atoms with E-state index in [1.807, 2.05) is 24.3 Å². The number of hydrogen-bond acceptors (Lipinski definition) is 4. The summed E-state index contributed by atoms with van der Waals surface area (Å²) in [7, 11) is 0. The van der Waals surface area contributed by atoms with Crippen molar-refractivity contribution in [3.8, 4) is 28.7 Å². The van der Waals surface area contributed by atoms with Gasteiger partial charge in [0.1, 0.15) is 13.2 Å². The Kier molecular flexibility index (Phi) is 5.00. The van der Waals surface area contributed by atoms with Crippen LogP contribution in [0.25, 0.3) is 11.1 Å². The molecule has 4 rings (SSSR count). The first-order valence-corrected chi connectivity index (χ1v) is 9.45. The predicted octanol–water partition coefficient (Wildman–Crippen LogP) is 5.01. The third kappa shape index (κ3) is 3.45. The number of nitrogens with zero attached hydrogens (tertiary/aromatic N) is 1. The molecule has 1 N–H and O–H groups in total. The zero-order chi connectivity index (χ0) is 19.5. The molecular weight excluding hydrogens is 420 g/mol. The number of fused-ring (bicyclic) bond motifs is 1. The fourth-order valence-corrected chi connectivity index (χ4v) is 3.50. The van der Waals surface area contributed by atoms with Crippen molar-refractivity contribution in [3.63, 3.8) is 0 Å². The fourth-order valence-electron chi connectivity index (χ4n) is 3.08. The monoisotopic (exact) mass is 434 g/mol. The molecule has 1 amide bonds. The Bertz CT molecular complexity index is 1110. The molecule has 1 heterocycles. The first-order chi connectivity index (χ1) is 13.7. The standard InChI is InChI=1S/C22H15BrN2O3/c23-18-11-20-21(28-10-9-27-20)12-19(18)25-22(26)17-8-4-3-7-16(17)15-6-2-1-5-14(15)13-24/h1-8,11-12H,9-10H2,(H,25,26). The van der Waals surface area contributed by atoms with Crippen LogP contribution in [-0.2, 0) is 0 Å². The third-order valence-corrected chi connectivity index (χ3v) is 5.05. The topological polar surface area (TPSA) is 71.4 Å². The largest absolute Gasteiger partial charge is 0.486 e. The van der Waals surface area contributed by atoms with Gasteiger partial charge >= 0.3 is 0 Å². The van der Waals surface area contributed by atoms with E-state index in [0.29, 0.717) is 51.6 Å². The Balaban J connectivity index is 1.70. The molecule has 0 fully saturated rings. The Labute approximate surface area is 170 Å². The number of nitrogens with one attached hydrogen (secondary N) is 1. The molecule has 3 aromatic rings. The van der Waals surface area contributed by atoms with E-state index >= 15 is 0 Å². The number of carbonyl (C=O) groups excluding carboxylic acids is 1. The van der Waals surface area contributed by atoms with Crippen molar-refractivity contribution >= 4 is 27.5 Å². The van der Waals surface area contributed by atoms with Gasteiger partial charge in [-0.2, -0.15) is 5.26 Å². The van der Waals surface area contributed by atoms with Crippen molar-refractivity contribution in [3.05, 3.63) is 76.3 Å². The number of rotatable bonds is 3. The van der Waals surface area contributed by atoms with Gasteiger partial charge in [0.25, 0.3) is 5.91 Å². The normalized spacial score (nSPS) is 12.1. The molecule has 6 heteroatoms. The van der Waals surface area contributed by atoms with Gasteiger partial charge in [-0.3, -0.25) is 4.79 Å². The number of amides is 1. The Hall–Kier alpha value is -3.30. The van der Waals surface area contributed by atoms with E-state index in [1.54, 1.807) is 36.4 Å². The minimum absolute atomic E-state index is 0.277. The first-order valence-electron chi connectivity index (χ1n) is 8.66. The number of hydrogen-bond donors (Lipinski definition) is 1. The lowest BCUT2D eigenvalue weighted by Gasteiger charge is -2.20. The highest BCUT2D eigenvalue weighted by Gasteiger charge is 2.19. The van der Waals surface area contributed by atoms with Crippen molar-refractivity contribution < 1.29 is 14.3 Å². The third-order valence-electron chi connectivity index (χ3n) is 4.39. The molecule has 28 heavy (non-hydrogen) atoms. The van der Waals surface area contributed by atoms with E-state index in [1.165, 1.54) is 0 Å². The minimum atomic E-state index is -0.277. The van der Waals surface area contributed by atoms with Gasteiger partial charge in [0, 0.05) is 27.7 Å². The van der Waals surface area contributed by atoms with Crippen LogP contribution in [-0.4, -0.2) is 19.1 Å². The van der Waals surface area contributed by atoms with Gasteiger partial charge in [0.05, 0.1) is 17.3 Å². The van der Waals surface area contributed by atoms with Crippen LogP contribution in [0.5, 0.6) is 11.5 Å². The zero-order valence-corrected chi connectivity index (χ0v) is 16.3. The molecule has 138 valence electrons. The van der Waals surface area contributed by atoms with E-state index in [0.717, 1.165) is 5.56 Å². The molecule has 0 aliphatic carbocycles. The smallest absolute Gasteiger partial charge is 0.256 e. The van der Waals surface area contributed by atoms with Gasteiger partial charge in [-0.1, -0.05) is 36.4 Å². The number of anilines is 1. The number of halogens is 1. The summed E-state index contributed by atoms with van der Waals surface area (Å²) in [6.45, 7) is 0.965. The van der Waals surface area contributed by atoms with E-state index in [9.17, 15) is 10.1 Å². The summed E-state index contributed by atoms with van der Waals surface area (Å²) < 4.78 is 11.8. The van der Waals surface area contributed by atoms with Gasteiger partial charge in [0.15, 0.2) is 11.5 Å². The second-order valence-corrected chi connectivity index (χ2v) is 6.99. The number of carbonyl (C=O) groups is 1. The number of benzene rings is 3. The predicted molar refractivity (Wildman–Crippen MR) is 110 cm³/mol. The molecule has 0 atom stereocenters. The van der Waals surface area contributed by atoms with Crippen molar-refractivity contribution in [1.29, 1.82) is 5.26 Å². The highest BCUT2D eigenvalue weighted by molar-refractivity contribution is 9.10. The second kappa shape index (κ2) is 7.75. The highest BCUT2D eigenvalue weighted by atomic mass is 79.9. The van der Waals surface area contributed by atoms with Crippen LogP contribution in [0.4, 0.5) is 5.69 Å². The van der Waals surface area contributed by atoms with Crippen LogP contribution in [0.1, 0.15) is 15.9 Å². The van der Waals surface area contributed by atoms with E-state index in [-0.39, 0.29) is 5.91 Å². The maximum atomic E-state index is 13.0. The van der Waals surface area contributed by atoms with E-state index in [2.05, 4.69) is 27.3 Å². The van der Waals surface area contributed by atoms with Gasteiger partial charge in [0.2, 0.25) is 0 Å². The molecule has 1 aliphatic rings. The SMILES string of the molecule is N#Cc1ccccc1-c1ccccc1C(=O)Nc1cc2c(cc1Br)OCCO2. The highest BCUT2D eigenvalue weighted by Crippen LogP contribution is 2.38. The summed E-state index contributed by atoms with van der Waals surface area (Å²) in [5.74, 6) is 0.952. The van der Waals surface area contributed by atoms with Crippen molar-refractivity contribution in [1.82, 2.24) is 0 Å². The molecule has 0 saturated heterocycles. The van der Waals surface area contributed by atoms with Crippen LogP contribution in [0, 0.1) is 11.3 Å². The summed E-state index contributed by atoms with van der Waals surface area (Å²) in [6, 6.07) is 20.2. The summed E-state index contributed by atoms with van der Waals surface area (Å²) in [4.78, 5) is 13.0. The van der Waals surface area contributed by atoms with Crippen LogP contribution in [0.3, 0.4) is 0 Å². The van der Waals surface area contributed by atoms with Crippen LogP contribution in [0.15, 0.2) is 65.1 Å².